The summed E-state index contributed by atoms with van der Waals surface area (Å²) in [6, 6.07) is 4.91. The third kappa shape index (κ3) is 3.03. The number of carbonyl (C=O) groups excluding carboxylic acids is 1. The highest BCUT2D eigenvalue weighted by Gasteiger charge is 2.50. The van der Waals surface area contributed by atoms with Crippen LogP contribution in [0.25, 0.3) is 0 Å². The summed E-state index contributed by atoms with van der Waals surface area (Å²) in [6.07, 6.45) is 5.03. The molecule has 1 aromatic carbocycles. The van der Waals surface area contributed by atoms with Gasteiger partial charge in [-0.3, -0.25) is 9.69 Å². The number of likely N-dealkylation sites (tertiary alicyclic amines) is 1. The third-order valence-corrected chi connectivity index (χ3v) is 6.26. The first kappa shape index (κ1) is 15.6. The fourth-order valence-electron chi connectivity index (χ4n) is 4.49. The Balaban J connectivity index is 1.41. The number of amides is 1. The van der Waals surface area contributed by atoms with Gasteiger partial charge >= 0.3 is 0 Å². The summed E-state index contributed by atoms with van der Waals surface area (Å²) in [4.78, 5) is 15.2. The lowest BCUT2D eigenvalue weighted by molar-refractivity contribution is -0.126. The minimum atomic E-state index is -0.226. The summed E-state index contributed by atoms with van der Waals surface area (Å²) in [5.41, 5.74) is 0.925. The van der Waals surface area contributed by atoms with E-state index in [1.807, 2.05) is 0 Å². The van der Waals surface area contributed by atoms with Gasteiger partial charge < -0.3 is 10.1 Å². The van der Waals surface area contributed by atoms with Crippen LogP contribution in [0, 0.1) is 29.5 Å². The van der Waals surface area contributed by atoms with Crippen LogP contribution in [0.15, 0.2) is 18.2 Å². The molecular weight excluding hydrogens is 319 g/mol. The lowest BCUT2D eigenvalue weighted by Crippen LogP contribution is -2.38. The molecule has 0 unspecified atom stereocenters. The Hall–Kier alpha value is -1.62. The number of rotatable bonds is 5. The zero-order chi connectivity index (χ0) is 17.0. The van der Waals surface area contributed by atoms with Gasteiger partial charge in [-0.05, 0) is 55.7 Å². The van der Waals surface area contributed by atoms with Crippen LogP contribution in [0.4, 0.5) is 4.39 Å². The van der Waals surface area contributed by atoms with Crippen LogP contribution in [0.2, 0.25) is 0 Å². The molecule has 0 spiro atoms. The molecule has 134 valence electrons. The zero-order valence-electron chi connectivity index (χ0n) is 14.4. The second-order valence-corrected chi connectivity index (χ2v) is 8.29. The fraction of sp³-hybridized carbons (Fsp3) is 0.650. The molecule has 4 nitrogen and oxygen atoms in total. The van der Waals surface area contributed by atoms with Crippen molar-refractivity contribution in [3.8, 4) is 5.75 Å². The van der Waals surface area contributed by atoms with Crippen LogP contribution in [-0.4, -0.2) is 37.0 Å². The predicted molar refractivity (Wildman–Crippen MR) is 91.6 cm³/mol. The van der Waals surface area contributed by atoms with Crippen LogP contribution >= 0.6 is 0 Å². The standard InChI is InChI=1S/C20H25FN2O2/c21-14-5-6-18-15(7-14)19-17(11-25-18)16(10-23(19)9-13-3-4-13)20(24)22-8-12-1-2-12/h5-7,12-13,16-17,19H,1-4,8-11H2,(H,22,24)/t16-,17+,19+/m1/s1. The summed E-state index contributed by atoms with van der Waals surface area (Å²) in [5, 5.41) is 3.15. The first-order chi connectivity index (χ1) is 12.2. The largest absolute Gasteiger partial charge is 0.493 e. The number of carbonyl (C=O) groups is 1. The Labute approximate surface area is 147 Å². The van der Waals surface area contributed by atoms with Crippen molar-refractivity contribution in [2.75, 3.05) is 26.2 Å². The zero-order valence-corrected chi connectivity index (χ0v) is 14.4. The van der Waals surface area contributed by atoms with Gasteiger partial charge in [0.15, 0.2) is 0 Å². The van der Waals surface area contributed by atoms with Gasteiger partial charge in [0.25, 0.3) is 0 Å². The SMILES string of the molecule is O=C(NCC1CC1)[C@@H]1CN(CC2CC2)[C@H]2c3cc(F)ccc3OC[C@@H]12. The van der Waals surface area contributed by atoms with Gasteiger partial charge in [-0.2, -0.15) is 0 Å². The summed E-state index contributed by atoms with van der Waals surface area (Å²) in [7, 11) is 0. The van der Waals surface area contributed by atoms with Crippen LogP contribution in [0.1, 0.15) is 37.3 Å². The molecule has 1 saturated heterocycles. The first-order valence-electron chi connectivity index (χ1n) is 9.63. The van der Waals surface area contributed by atoms with Gasteiger partial charge in [0.05, 0.1) is 12.5 Å². The van der Waals surface area contributed by atoms with Gasteiger partial charge in [-0.15, -0.1) is 0 Å². The van der Waals surface area contributed by atoms with Gasteiger partial charge in [-0.1, -0.05) is 0 Å². The smallest absolute Gasteiger partial charge is 0.224 e. The van der Waals surface area contributed by atoms with Crippen LogP contribution < -0.4 is 10.1 Å². The van der Waals surface area contributed by atoms with Crippen molar-refractivity contribution < 1.29 is 13.9 Å². The molecule has 0 bridgehead atoms. The number of hydrogen-bond acceptors (Lipinski definition) is 3. The van der Waals surface area contributed by atoms with Crippen molar-refractivity contribution in [2.24, 2.45) is 23.7 Å². The van der Waals surface area contributed by atoms with Gasteiger partial charge in [0.1, 0.15) is 11.6 Å². The minimum Gasteiger partial charge on any atom is -0.493 e. The Morgan fingerprint density at radius 1 is 1.24 bits per heavy atom. The average molecular weight is 344 g/mol. The van der Waals surface area contributed by atoms with E-state index in [-0.39, 0.29) is 29.6 Å². The number of halogens is 1. The number of fused-ring (bicyclic) bond motifs is 3. The monoisotopic (exact) mass is 344 g/mol. The van der Waals surface area contributed by atoms with Gasteiger partial charge in [-0.25, -0.2) is 4.39 Å². The van der Waals surface area contributed by atoms with Gasteiger partial charge in [0, 0.05) is 37.2 Å². The van der Waals surface area contributed by atoms with E-state index in [4.69, 9.17) is 4.74 Å². The average Bonchev–Trinajstić information content (AvgIpc) is 3.52. The number of nitrogens with one attached hydrogen (secondary N) is 1. The van der Waals surface area contributed by atoms with Crippen molar-refractivity contribution in [1.82, 2.24) is 10.2 Å². The maximum absolute atomic E-state index is 13.9. The Morgan fingerprint density at radius 2 is 2.04 bits per heavy atom. The highest BCUT2D eigenvalue weighted by Crippen LogP contribution is 2.49. The van der Waals surface area contributed by atoms with Crippen molar-refractivity contribution in [1.29, 1.82) is 0 Å². The molecule has 5 heteroatoms. The van der Waals surface area contributed by atoms with E-state index in [0.29, 0.717) is 12.5 Å². The van der Waals surface area contributed by atoms with E-state index in [1.54, 1.807) is 12.1 Å². The Bertz CT molecular complexity index is 686. The number of nitrogens with zero attached hydrogens (tertiary/aromatic N) is 1. The minimum absolute atomic E-state index is 0.0566. The molecule has 2 aliphatic heterocycles. The molecule has 1 N–H and O–H groups in total. The molecule has 1 amide bonds. The number of ether oxygens (including phenoxy) is 1. The van der Waals surface area contributed by atoms with Crippen molar-refractivity contribution in [2.45, 2.75) is 31.7 Å². The summed E-state index contributed by atoms with van der Waals surface area (Å²) in [6.45, 7) is 3.14. The van der Waals surface area contributed by atoms with Crippen molar-refractivity contribution in [3.05, 3.63) is 29.6 Å². The summed E-state index contributed by atoms with van der Waals surface area (Å²) >= 11 is 0. The summed E-state index contributed by atoms with van der Waals surface area (Å²) in [5.74, 6) is 2.20. The number of benzene rings is 1. The van der Waals surface area contributed by atoms with E-state index >= 15 is 0 Å². The third-order valence-electron chi connectivity index (χ3n) is 6.26. The molecule has 4 aliphatic rings. The molecule has 0 radical (unpaired) electrons. The molecule has 25 heavy (non-hydrogen) atoms. The van der Waals surface area contributed by atoms with E-state index in [0.717, 1.165) is 36.9 Å². The lowest BCUT2D eigenvalue weighted by atomic mass is 9.85. The molecule has 0 aromatic heterocycles. The predicted octanol–water partition coefficient (Wildman–Crippen LogP) is 2.74. The Morgan fingerprint density at radius 3 is 2.80 bits per heavy atom. The van der Waals surface area contributed by atoms with E-state index < -0.39 is 0 Å². The second kappa shape index (κ2) is 5.97. The molecule has 1 aromatic rings. The normalized spacial score (nSPS) is 31.2. The van der Waals surface area contributed by atoms with Crippen LogP contribution in [0.5, 0.6) is 5.75 Å². The van der Waals surface area contributed by atoms with Gasteiger partial charge in [0.2, 0.25) is 5.91 Å². The fourth-order valence-corrected chi connectivity index (χ4v) is 4.49. The second-order valence-electron chi connectivity index (χ2n) is 8.29. The van der Waals surface area contributed by atoms with Crippen LogP contribution in [-0.2, 0) is 4.79 Å². The maximum Gasteiger partial charge on any atom is 0.224 e. The molecule has 2 aliphatic carbocycles. The molecule has 3 fully saturated rings. The number of hydrogen-bond donors (Lipinski definition) is 1. The Kier molecular flexibility index (Phi) is 3.73. The van der Waals surface area contributed by atoms with Crippen molar-refractivity contribution >= 4 is 5.91 Å². The lowest BCUT2D eigenvalue weighted by Gasteiger charge is -2.34. The molecule has 3 atom stereocenters. The maximum atomic E-state index is 13.9. The summed E-state index contributed by atoms with van der Waals surface area (Å²) < 4.78 is 19.8. The molecular formula is C20H25FN2O2. The molecule has 5 rings (SSSR count). The topological polar surface area (TPSA) is 41.6 Å². The van der Waals surface area contributed by atoms with Crippen molar-refractivity contribution in [3.63, 3.8) is 0 Å². The highest BCUT2D eigenvalue weighted by molar-refractivity contribution is 5.80. The molecule has 2 heterocycles. The van der Waals surface area contributed by atoms with E-state index in [2.05, 4.69) is 10.2 Å². The first-order valence-corrected chi connectivity index (χ1v) is 9.63. The van der Waals surface area contributed by atoms with Crippen LogP contribution in [0.3, 0.4) is 0 Å². The molecule has 2 saturated carbocycles. The quantitative estimate of drug-likeness (QED) is 0.893. The van der Waals surface area contributed by atoms with E-state index in [9.17, 15) is 9.18 Å². The highest BCUT2D eigenvalue weighted by atomic mass is 19.1. The van der Waals surface area contributed by atoms with E-state index in [1.165, 1.54) is 31.7 Å².